The number of likely N-dealkylation sites (N-methyl/N-ethyl adjacent to an activating group) is 1. The standard InChI is InChI=1S/C11H22N2O/c1-13(2)10(11(12)5-6-11)9-3-7-14-8-4-9/h9-10H,3-8,12H2,1-2H3. The Hall–Kier alpha value is -0.120. The van der Waals surface area contributed by atoms with E-state index >= 15 is 0 Å². The van der Waals surface area contributed by atoms with E-state index in [9.17, 15) is 0 Å². The van der Waals surface area contributed by atoms with Gasteiger partial charge in [0.15, 0.2) is 0 Å². The second-order valence-electron chi connectivity index (χ2n) is 5.09. The SMILES string of the molecule is CN(C)C(C1CCOCC1)C1(N)CC1. The van der Waals surface area contributed by atoms with Crippen LogP contribution in [0.1, 0.15) is 25.7 Å². The first-order valence-electron chi connectivity index (χ1n) is 5.66. The summed E-state index contributed by atoms with van der Waals surface area (Å²) in [6, 6.07) is 0.561. The summed E-state index contributed by atoms with van der Waals surface area (Å²) in [5, 5.41) is 0. The summed E-state index contributed by atoms with van der Waals surface area (Å²) >= 11 is 0. The molecule has 0 spiro atoms. The van der Waals surface area contributed by atoms with Crippen LogP contribution in [0.25, 0.3) is 0 Å². The van der Waals surface area contributed by atoms with Gasteiger partial charge in [0.25, 0.3) is 0 Å². The predicted molar refractivity (Wildman–Crippen MR) is 57.2 cm³/mol. The molecule has 1 saturated carbocycles. The van der Waals surface area contributed by atoms with Crippen molar-refractivity contribution in [3.05, 3.63) is 0 Å². The Morgan fingerprint density at radius 2 is 1.86 bits per heavy atom. The lowest BCUT2D eigenvalue weighted by atomic mass is 9.85. The molecule has 2 rings (SSSR count). The molecular formula is C11H22N2O. The number of hydrogen-bond donors (Lipinski definition) is 1. The van der Waals surface area contributed by atoms with E-state index in [2.05, 4.69) is 19.0 Å². The Balaban J connectivity index is 2.02. The number of rotatable bonds is 3. The van der Waals surface area contributed by atoms with E-state index in [0.29, 0.717) is 6.04 Å². The molecule has 1 unspecified atom stereocenters. The first-order chi connectivity index (χ1) is 6.63. The van der Waals surface area contributed by atoms with Crippen LogP contribution in [0.5, 0.6) is 0 Å². The summed E-state index contributed by atoms with van der Waals surface area (Å²) in [5.74, 6) is 0.742. The topological polar surface area (TPSA) is 38.5 Å². The molecule has 1 saturated heterocycles. The highest BCUT2D eigenvalue weighted by Gasteiger charge is 2.49. The second kappa shape index (κ2) is 3.80. The maximum absolute atomic E-state index is 6.34. The highest BCUT2D eigenvalue weighted by molar-refractivity contribution is 5.09. The van der Waals surface area contributed by atoms with Gasteiger partial charge in [0, 0.05) is 24.8 Å². The first kappa shape index (κ1) is 10.4. The van der Waals surface area contributed by atoms with Crippen molar-refractivity contribution < 1.29 is 4.74 Å². The van der Waals surface area contributed by atoms with Crippen LogP contribution in [0.3, 0.4) is 0 Å². The van der Waals surface area contributed by atoms with E-state index in [4.69, 9.17) is 10.5 Å². The number of nitrogens with zero attached hydrogens (tertiary/aromatic N) is 1. The van der Waals surface area contributed by atoms with Gasteiger partial charge in [-0.1, -0.05) is 0 Å². The zero-order valence-electron chi connectivity index (χ0n) is 9.33. The molecule has 2 fully saturated rings. The minimum atomic E-state index is 0.117. The molecule has 14 heavy (non-hydrogen) atoms. The molecule has 82 valence electrons. The lowest BCUT2D eigenvalue weighted by Gasteiger charge is -2.38. The van der Waals surface area contributed by atoms with Crippen molar-refractivity contribution in [2.45, 2.75) is 37.3 Å². The zero-order valence-corrected chi connectivity index (χ0v) is 9.33. The molecule has 1 aliphatic carbocycles. The van der Waals surface area contributed by atoms with Gasteiger partial charge in [-0.05, 0) is 45.7 Å². The third kappa shape index (κ3) is 1.95. The lowest BCUT2D eigenvalue weighted by Crippen LogP contribution is -2.52. The van der Waals surface area contributed by atoms with Gasteiger partial charge in [0.2, 0.25) is 0 Å². The average Bonchev–Trinajstić information content (AvgIpc) is 2.85. The van der Waals surface area contributed by atoms with Gasteiger partial charge in [-0.25, -0.2) is 0 Å². The van der Waals surface area contributed by atoms with Gasteiger partial charge < -0.3 is 15.4 Å². The summed E-state index contributed by atoms with van der Waals surface area (Å²) in [7, 11) is 4.32. The minimum absolute atomic E-state index is 0.117. The molecule has 1 atom stereocenters. The van der Waals surface area contributed by atoms with Crippen LogP contribution in [-0.4, -0.2) is 43.8 Å². The van der Waals surface area contributed by atoms with Crippen molar-refractivity contribution in [2.75, 3.05) is 27.3 Å². The monoisotopic (exact) mass is 198 g/mol. The highest BCUT2D eigenvalue weighted by atomic mass is 16.5. The van der Waals surface area contributed by atoms with E-state index < -0.39 is 0 Å². The maximum atomic E-state index is 6.34. The molecule has 0 bridgehead atoms. The predicted octanol–water partition coefficient (Wildman–Crippen LogP) is 0.834. The van der Waals surface area contributed by atoms with Crippen molar-refractivity contribution in [1.29, 1.82) is 0 Å². The van der Waals surface area contributed by atoms with Gasteiger partial charge >= 0.3 is 0 Å². The minimum Gasteiger partial charge on any atom is -0.381 e. The third-order valence-corrected chi connectivity index (χ3v) is 3.69. The van der Waals surface area contributed by atoms with Gasteiger partial charge in [0.05, 0.1) is 0 Å². The largest absolute Gasteiger partial charge is 0.381 e. The fourth-order valence-electron chi connectivity index (χ4n) is 2.88. The van der Waals surface area contributed by atoms with Crippen molar-refractivity contribution in [3.63, 3.8) is 0 Å². The fourth-order valence-corrected chi connectivity index (χ4v) is 2.88. The molecule has 1 heterocycles. The number of ether oxygens (including phenoxy) is 1. The molecule has 0 aromatic carbocycles. The van der Waals surface area contributed by atoms with E-state index in [-0.39, 0.29) is 5.54 Å². The van der Waals surface area contributed by atoms with Crippen LogP contribution >= 0.6 is 0 Å². The molecule has 3 nitrogen and oxygen atoms in total. The van der Waals surface area contributed by atoms with Gasteiger partial charge in [-0.2, -0.15) is 0 Å². The molecular weight excluding hydrogens is 176 g/mol. The van der Waals surface area contributed by atoms with Crippen LogP contribution < -0.4 is 5.73 Å². The van der Waals surface area contributed by atoms with Crippen molar-refractivity contribution >= 4 is 0 Å². The molecule has 0 aromatic heterocycles. The summed E-state index contributed by atoms with van der Waals surface area (Å²) in [6.45, 7) is 1.84. The van der Waals surface area contributed by atoms with E-state index in [0.717, 1.165) is 19.1 Å². The second-order valence-corrected chi connectivity index (χ2v) is 5.09. The highest BCUT2D eigenvalue weighted by Crippen LogP contribution is 2.42. The Morgan fingerprint density at radius 1 is 1.29 bits per heavy atom. The summed E-state index contributed by atoms with van der Waals surface area (Å²) in [5.41, 5.74) is 6.46. The Labute approximate surface area is 86.6 Å². The quantitative estimate of drug-likeness (QED) is 0.730. The number of hydrogen-bond acceptors (Lipinski definition) is 3. The van der Waals surface area contributed by atoms with Crippen LogP contribution in [-0.2, 0) is 4.74 Å². The Kier molecular flexibility index (Phi) is 2.82. The van der Waals surface area contributed by atoms with Gasteiger partial charge in [0.1, 0.15) is 0 Å². The van der Waals surface area contributed by atoms with Crippen LogP contribution in [0.2, 0.25) is 0 Å². The zero-order chi connectivity index (χ0) is 10.2. The summed E-state index contributed by atoms with van der Waals surface area (Å²) in [4.78, 5) is 2.32. The fraction of sp³-hybridized carbons (Fsp3) is 1.00. The van der Waals surface area contributed by atoms with Crippen LogP contribution in [0.15, 0.2) is 0 Å². The van der Waals surface area contributed by atoms with Crippen molar-refractivity contribution in [2.24, 2.45) is 11.7 Å². The summed E-state index contributed by atoms with van der Waals surface area (Å²) < 4.78 is 5.40. The Bertz CT molecular complexity index is 195. The summed E-state index contributed by atoms with van der Waals surface area (Å²) in [6.07, 6.45) is 4.77. The maximum Gasteiger partial charge on any atom is 0.0469 e. The van der Waals surface area contributed by atoms with E-state index in [1.54, 1.807) is 0 Å². The number of nitrogens with two attached hydrogens (primary N) is 1. The van der Waals surface area contributed by atoms with Gasteiger partial charge in [-0.15, -0.1) is 0 Å². The molecule has 2 aliphatic rings. The third-order valence-electron chi connectivity index (χ3n) is 3.69. The van der Waals surface area contributed by atoms with Crippen molar-refractivity contribution in [1.82, 2.24) is 4.90 Å². The smallest absolute Gasteiger partial charge is 0.0469 e. The lowest BCUT2D eigenvalue weighted by molar-refractivity contribution is 0.0278. The van der Waals surface area contributed by atoms with E-state index in [1.807, 2.05) is 0 Å². The normalized spacial score (nSPS) is 29.1. The molecule has 0 aromatic rings. The van der Waals surface area contributed by atoms with Crippen LogP contribution in [0, 0.1) is 5.92 Å². The first-order valence-corrected chi connectivity index (χ1v) is 5.66. The molecule has 2 N–H and O–H groups in total. The molecule has 1 aliphatic heterocycles. The average molecular weight is 198 g/mol. The van der Waals surface area contributed by atoms with Crippen LogP contribution in [0.4, 0.5) is 0 Å². The van der Waals surface area contributed by atoms with E-state index in [1.165, 1.54) is 25.7 Å². The molecule has 0 radical (unpaired) electrons. The molecule has 0 amide bonds. The van der Waals surface area contributed by atoms with Crippen molar-refractivity contribution in [3.8, 4) is 0 Å². The van der Waals surface area contributed by atoms with Gasteiger partial charge in [-0.3, -0.25) is 0 Å². The Morgan fingerprint density at radius 3 is 2.29 bits per heavy atom. The molecule has 3 heteroatoms.